The number of anilines is 1. The van der Waals surface area contributed by atoms with E-state index < -0.39 is 0 Å². The summed E-state index contributed by atoms with van der Waals surface area (Å²) in [6, 6.07) is 8.95. The summed E-state index contributed by atoms with van der Waals surface area (Å²) in [6.45, 7) is 5.86. The van der Waals surface area contributed by atoms with Gasteiger partial charge in [0.25, 0.3) is 0 Å². The quantitative estimate of drug-likeness (QED) is 0.918. The van der Waals surface area contributed by atoms with Gasteiger partial charge in [-0.3, -0.25) is 4.90 Å². The maximum Gasteiger partial charge on any atom is 0.321 e. The van der Waals surface area contributed by atoms with Gasteiger partial charge in [-0.15, -0.1) is 0 Å². The van der Waals surface area contributed by atoms with E-state index in [1.165, 1.54) is 18.4 Å². The molecule has 1 heterocycles. The van der Waals surface area contributed by atoms with Gasteiger partial charge in [0.05, 0.1) is 0 Å². The Kier molecular flexibility index (Phi) is 3.92. The molecule has 0 atom stereocenters. The molecule has 0 unspecified atom stereocenters. The van der Waals surface area contributed by atoms with Crippen LogP contribution in [0.3, 0.4) is 0 Å². The molecule has 108 valence electrons. The lowest BCUT2D eigenvalue weighted by Gasteiger charge is -2.34. The minimum Gasteiger partial charge on any atom is -0.322 e. The van der Waals surface area contributed by atoms with Crippen molar-refractivity contribution in [3.05, 3.63) is 29.8 Å². The van der Waals surface area contributed by atoms with Crippen LogP contribution < -0.4 is 5.32 Å². The molecule has 0 aromatic heterocycles. The van der Waals surface area contributed by atoms with Crippen LogP contribution in [-0.4, -0.2) is 48.1 Å². The van der Waals surface area contributed by atoms with Crippen LogP contribution in [0.2, 0.25) is 0 Å². The van der Waals surface area contributed by atoms with Gasteiger partial charge in [0.15, 0.2) is 0 Å². The second-order valence-electron chi connectivity index (χ2n) is 5.73. The highest BCUT2D eigenvalue weighted by molar-refractivity contribution is 5.89. The molecule has 0 spiro atoms. The van der Waals surface area contributed by atoms with Gasteiger partial charge in [0, 0.05) is 37.9 Å². The fourth-order valence-electron chi connectivity index (χ4n) is 2.76. The van der Waals surface area contributed by atoms with Gasteiger partial charge in [-0.05, 0) is 37.0 Å². The number of nitrogens with zero attached hydrogens (tertiary/aromatic N) is 2. The molecule has 3 rings (SSSR count). The Morgan fingerprint density at radius 2 is 1.80 bits per heavy atom. The molecule has 1 saturated heterocycles. The minimum absolute atomic E-state index is 0.0321. The summed E-state index contributed by atoms with van der Waals surface area (Å²) in [5.41, 5.74) is 2.18. The summed E-state index contributed by atoms with van der Waals surface area (Å²) in [5, 5.41) is 2.99. The number of amides is 2. The normalized spacial score (nSPS) is 19.9. The summed E-state index contributed by atoms with van der Waals surface area (Å²) in [4.78, 5) is 16.6. The molecular formula is C16H23N3O. The van der Waals surface area contributed by atoms with E-state index in [1.54, 1.807) is 0 Å². The summed E-state index contributed by atoms with van der Waals surface area (Å²) >= 11 is 0. The third-order valence-electron chi connectivity index (χ3n) is 4.28. The Balaban J connectivity index is 1.51. The van der Waals surface area contributed by atoms with Crippen LogP contribution in [-0.2, 0) is 6.42 Å². The van der Waals surface area contributed by atoms with Gasteiger partial charge in [-0.1, -0.05) is 19.1 Å². The summed E-state index contributed by atoms with van der Waals surface area (Å²) < 4.78 is 0. The van der Waals surface area contributed by atoms with Crippen LogP contribution in [0, 0.1) is 0 Å². The standard InChI is InChI=1S/C16H23N3O/c1-2-13-3-5-14(6-4-13)17-16(20)19-11-9-18(10-12-19)15-7-8-15/h3-6,15H,2,7-12H2,1H3,(H,17,20). The summed E-state index contributed by atoms with van der Waals surface area (Å²) in [6.07, 6.45) is 3.71. The number of piperazine rings is 1. The molecule has 2 fully saturated rings. The molecule has 1 saturated carbocycles. The van der Waals surface area contributed by atoms with Crippen LogP contribution >= 0.6 is 0 Å². The molecule has 1 aliphatic carbocycles. The molecule has 4 nitrogen and oxygen atoms in total. The number of benzene rings is 1. The second-order valence-corrected chi connectivity index (χ2v) is 5.73. The largest absolute Gasteiger partial charge is 0.322 e. The van der Waals surface area contributed by atoms with Crippen molar-refractivity contribution in [3.8, 4) is 0 Å². The average Bonchev–Trinajstić information content (AvgIpc) is 3.33. The number of carbonyl (C=O) groups is 1. The number of urea groups is 1. The van der Waals surface area contributed by atoms with Gasteiger partial charge >= 0.3 is 6.03 Å². The van der Waals surface area contributed by atoms with E-state index in [0.29, 0.717) is 0 Å². The van der Waals surface area contributed by atoms with Crippen molar-refractivity contribution in [3.63, 3.8) is 0 Å². The molecule has 1 aromatic carbocycles. The number of hydrogen-bond donors (Lipinski definition) is 1. The molecule has 4 heteroatoms. The Labute approximate surface area is 120 Å². The summed E-state index contributed by atoms with van der Waals surface area (Å²) in [5.74, 6) is 0. The summed E-state index contributed by atoms with van der Waals surface area (Å²) in [7, 11) is 0. The number of carbonyl (C=O) groups excluding carboxylic acids is 1. The predicted molar refractivity (Wildman–Crippen MR) is 81.0 cm³/mol. The Morgan fingerprint density at radius 1 is 1.15 bits per heavy atom. The van der Waals surface area contributed by atoms with Crippen LogP contribution in [0.4, 0.5) is 10.5 Å². The zero-order valence-electron chi connectivity index (χ0n) is 12.1. The van der Waals surface area contributed by atoms with Gasteiger partial charge < -0.3 is 10.2 Å². The predicted octanol–water partition coefficient (Wildman–Crippen LogP) is 2.56. The number of nitrogens with one attached hydrogen (secondary N) is 1. The highest BCUT2D eigenvalue weighted by Gasteiger charge is 2.32. The van der Waals surface area contributed by atoms with Crippen LogP contribution in [0.1, 0.15) is 25.3 Å². The van der Waals surface area contributed by atoms with Crippen molar-refractivity contribution in [1.82, 2.24) is 9.80 Å². The highest BCUT2D eigenvalue weighted by Crippen LogP contribution is 2.27. The van der Waals surface area contributed by atoms with E-state index >= 15 is 0 Å². The maximum atomic E-state index is 12.2. The van der Waals surface area contributed by atoms with E-state index in [4.69, 9.17) is 0 Å². The molecule has 0 radical (unpaired) electrons. The van der Waals surface area contributed by atoms with E-state index in [-0.39, 0.29) is 6.03 Å². The topological polar surface area (TPSA) is 35.6 Å². The highest BCUT2D eigenvalue weighted by atomic mass is 16.2. The molecular weight excluding hydrogens is 250 g/mol. The average molecular weight is 273 g/mol. The monoisotopic (exact) mass is 273 g/mol. The Hall–Kier alpha value is -1.55. The number of rotatable bonds is 3. The molecule has 1 aliphatic heterocycles. The Morgan fingerprint density at radius 3 is 2.35 bits per heavy atom. The molecule has 2 aliphatic rings. The van der Waals surface area contributed by atoms with E-state index in [0.717, 1.165) is 44.3 Å². The number of hydrogen-bond acceptors (Lipinski definition) is 2. The van der Waals surface area contributed by atoms with Crippen LogP contribution in [0.15, 0.2) is 24.3 Å². The molecule has 20 heavy (non-hydrogen) atoms. The second kappa shape index (κ2) is 5.83. The fraction of sp³-hybridized carbons (Fsp3) is 0.562. The van der Waals surface area contributed by atoms with Gasteiger partial charge in [-0.2, -0.15) is 0 Å². The first-order chi connectivity index (χ1) is 9.76. The van der Waals surface area contributed by atoms with E-state index in [1.807, 2.05) is 17.0 Å². The lowest BCUT2D eigenvalue weighted by molar-refractivity contribution is 0.142. The van der Waals surface area contributed by atoms with Crippen molar-refractivity contribution in [1.29, 1.82) is 0 Å². The Bertz CT molecular complexity index is 459. The van der Waals surface area contributed by atoms with Crippen LogP contribution in [0.25, 0.3) is 0 Å². The van der Waals surface area contributed by atoms with E-state index in [2.05, 4.69) is 29.3 Å². The van der Waals surface area contributed by atoms with Crippen molar-refractivity contribution >= 4 is 11.7 Å². The van der Waals surface area contributed by atoms with E-state index in [9.17, 15) is 4.79 Å². The zero-order valence-corrected chi connectivity index (χ0v) is 12.1. The third kappa shape index (κ3) is 3.12. The molecule has 1 aromatic rings. The van der Waals surface area contributed by atoms with Gasteiger partial charge in [0.1, 0.15) is 0 Å². The smallest absolute Gasteiger partial charge is 0.321 e. The first kappa shape index (κ1) is 13.4. The first-order valence-electron chi connectivity index (χ1n) is 7.65. The maximum absolute atomic E-state index is 12.2. The fourth-order valence-corrected chi connectivity index (χ4v) is 2.76. The zero-order chi connectivity index (χ0) is 13.9. The molecule has 1 N–H and O–H groups in total. The lowest BCUT2D eigenvalue weighted by Crippen LogP contribution is -2.50. The molecule has 0 bridgehead atoms. The lowest BCUT2D eigenvalue weighted by atomic mass is 10.1. The third-order valence-corrected chi connectivity index (χ3v) is 4.28. The first-order valence-corrected chi connectivity index (χ1v) is 7.65. The van der Waals surface area contributed by atoms with Gasteiger partial charge in [0.2, 0.25) is 0 Å². The SMILES string of the molecule is CCc1ccc(NC(=O)N2CCN(C3CC3)CC2)cc1. The van der Waals surface area contributed by atoms with Crippen LogP contribution in [0.5, 0.6) is 0 Å². The van der Waals surface area contributed by atoms with Gasteiger partial charge in [-0.25, -0.2) is 4.79 Å². The minimum atomic E-state index is 0.0321. The molecule has 2 amide bonds. The number of aryl methyl sites for hydroxylation is 1. The van der Waals surface area contributed by atoms with Crippen molar-refractivity contribution in [2.24, 2.45) is 0 Å². The van der Waals surface area contributed by atoms with Crippen molar-refractivity contribution < 1.29 is 4.79 Å². The van der Waals surface area contributed by atoms with Crippen molar-refractivity contribution in [2.75, 3.05) is 31.5 Å². The van der Waals surface area contributed by atoms with Crippen molar-refractivity contribution in [2.45, 2.75) is 32.2 Å².